The summed E-state index contributed by atoms with van der Waals surface area (Å²) in [5.41, 5.74) is 0.770. The van der Waals surface area contributed by atoms with Crippen LogP contribution in [0.4, 0.5) is 5.69 Å². The zero-order chi connectivity index (χ0) is 17.9. The van der Waals surface area contributed by atoms with E-state index in [0.717, 1.165) is 5.69 Å². The van der Waals surface area contributed by atoms with E-state index in [0.29, 0.717) is 30.6 Å². The molecule has 1 rings (SSSR count). The maximum Gasteiger partial charge on any atom is 0.243 e. The Kier molecular flexibility index (Phi) is 11.4. The van der Waals surface area contributed by atoms with E-state index < -0.39 is 0 Å². The molecule has 0 bridgehead atoms. The Morgan fingerprint density at radius 1 is 1.36 bits per heavy atom. The highest BCUT2D eigenvalue weighted by atomic mass is 127. The van der Waals surface area contributed by atoms with Gasteiger partial charge in [0.1, 0.15) is 6.54 Å². The van der Waals surface area contributed by atoms with Gasteiger partial charge in [0.2, 0.25) is 5.91 Å². The van der Waals surface area contributed by atoms with Gasteiger partial charge in [-0.25, -0.2) is 4.99 Å². The minimum absolute atomic E-state index is 0. The summed E-state index contributed by atoms with van der Waals surface area (Å²) in [6.07, 6.45) is 1.71. The maximum absolute atomic E-state index is 11.7. The molecule has 0 aliphatic rings. The average molecular weight is 462 g/mol. The summed E-state index contributed by atoms with van der Waals surface area (Å²) in [4.78, 5) is 17.5. The first kappa shape index (κ1) is 23.0. The van der Waals surface area contributed by atoms with Gasteiger partial charge in [0.05, 0.1) is 13.7 Å². The lowest BCUT2D eigenvalue weighted by molar-refractivity contribution is -0.127. The summed E-state index contributed by atoms with van der Waals surface area (Å²) < 4.78 is 10.8. The van der Waals surface area contributed by atoms with Crippen LogP contribution in [0.25, 0.3) is 0 Å². The summed E-state index contributed by atoms with van der Waals surface area (Å²) in [6, 6.07) is 5.48. The summed E-state index contributed by atoms with van der Waals surface area (Å²) in [7, 11) is 4.98. The molecule has 0 aliphatic heterocycles. The number of carbonyl (C=O) groups is 1. The molecule has 0 heterocycles. The fourth-order valence-corrected chi connectivity index (χ4v) is 1.76. The first-order chi connectivity index (χ1) is 11.5. The molecule has 2 N–H and O–H groups in total. The van der Waals surface area contributed by atoms with E-state index in [1.54, 1.807) is 27.3 Å². The molecule has 8 heteroatoms. The average Bonchev–Trinajstić information content (AvgIpc) is 2.57. The monoisotopic (exact) mass is 462 g/mol. The SMILES string of the molecule is C=CCNC(=NCC(=O)N(C)C)Nc1ccc(OC)c(OCC)c1.I. The van der Waals surface area contributed by atoms with Gasteiger partial charge in [0.15, 0.2) is 17.5 Å². The number of aliphatic imine (C=N–C) groups is 1. The van der Waals surface area contributed by atoms with Crippen LogP contribution in [-0.2, 0) is 4.79 Å². The first-order valence-electron chi connectivity index (χ1n) is 7.69. The third-order valence-electron chi connectivity index (χ3n) is 3.01. The van der Waals surface area contributed by atoms with Crippen molar-refractivity contribution in [3.05, 3.63) is 30.9 Å². The van der Waals surface area contributed by atoms with Crippen molar-refractivity contribution in [2.45, 2.75) is 6.92 Å². The van der Waals surface area contributed by atoms with E-state index in [2.05, 4.69) is 22.2 Å². The number of nitrogens with zero attached hydrogens (tertiary/aromatic N) is 2. The lowest BCUT2D eigenvalue weighted by Gasteiger charge is -2.15. The molecular weight excluding hydrogens is 435 g/mol. The minimum atomic E-state index is -0.0839. The largest absolute Gasteiger partial charge is 0.493 e. The van der Waals surface area contributed by atoms with Crippen LogP contribution in [0.3, 0.4) is 0 Å². The van der Waals surface area contributed by atoms with E-state index in [1.165, 1.54) is 4.90 Å². The predicted octanol–water partition coefficient (Wildman–Crippen LogP) is 2.34. The van der Waals surface area contributed by atoms with Crippen LogP contribution >= 0.6 is 24.0 Å². The molecule has 0 radical (unpaired) electrons. The van der Waals surface area contributed by atoms with E-state index in [-0.39, 0.29) is 36.4 Å². The van der Waals surface area contributed by atoms with E-state index in [1.807, 2.05) is 25.1 Å². The molecule has 0 aliphatic carbocycles. The molecule has 0 atom stereocenters. The van der Waals surface area contributed by atoms with Crippen molar-refractivity contribution in [2.75, 3.05) is 46.2 Å². The van der Waals surface area contributed by atoms with E-state index >= 15 is 0 Å². The number of benzene rings is 1. The molecule has 0 fully saturated rings. The van der Waals surface area contributed by atoms with Gasteiger partial charge in [-0.15, -0.1) is 30.6 Å². The van der Waals surface area contributed by atoms with Crippen LogP contribution in [0.5, 0.6) is 11.5 Å². The lowest BCUT2D eigenvalue weighted by Crippen LogP contribution is -2.33. The zero-order valence-electron chi connectivity index (χ0n) is 15.2. The Balaban J connectivity index is 0.00000576. The number of halogens is 1. The van der Waals surface area contributed by atoms with E-state index in [4.69, 9.17) is 9.47 Å². The summed E-state index contributed by atoms with van der Waals surface area (Å²) in [5.74, 6) is 1.69. The number of likely N-dealkylation sites (N-methyl/N-ethyl adjacent to an activating group) is 1. The normalized spacial score (nSPS) is 10.3. The Bertz CT molecular complexity index is 591. The van der Waals surface area contributed by atoms with E-state index in [9.17, 15) is 4.79 Å². The van der Waals surface area contributed by atoms with Gasteiger partial charge < -0.3 is 25.0 Å². The van der Waals surface area contributed by atoms with Crippen LogP contribution in [0.1, 0.15) is 6.92 Å². The third-order valence-corrected chi connectivity index (χ3v) is 3.01. The smallest absolute Gasteiger partial charge is 0.243 e. The molecule has 1 aromatic rings. The topological polar surface area (TPSA) is 75.2 Å². The second kappa shape index (κ2) is 12.4. The molecule has 7 nitrogen and oxygen atoms in total. The molecule has 0 spiro atoms. The molecule has 0 aromatic heterocycles. The highest BCUT2D eigenvalue weighted by Crippen LogP contribution is 2.30. The third kappa shape index (κ3) is 8.10. The molecule has 0 unspecified atom stereocenters. The van der Waals surface area contributed by atoms with Gasteiger partial charge in [-0.05, 0) is 19.1 Å². The van der Waals surface area contributed by atoms with Crippen molar-refractivity contribution in [3.8, 4) is 11.5 Å². The number of nitrogens with one attached hydrogen (secondary N) is 2. The molecule has 140 valence electrons. The van der Waals surface area contributed by atoms with Crippen molar-refractivity contribution in [3.63, 3.8) is 0 Å². The lowest BCUT2D eigenvalue weighted by atomic mass is 10.2. The molecule has 0 saturated heterocycles. The van der Waals surface area contributed by atoms with Crippen LogP contribution in [0, 0.1) is 0 Å². The Labute approximate surface area is 166 Å². The first-order valence-corrected chi connectivity index (χ1v) is 7.69. The summed E-state index contributed by atoms with van der Waals surface area (Å²) in [6.45, 7) is 6.68. The quantitative estimate of drug-likeness (QED) is 0.269. The second-order valence-corrected chi connectivity index (χ2v) is 5.05. The van der Waals surface area contributed by atoms with Gasteiger partial charge in [-0.1, -0.05) is 6.08 Å². The van der Waals surface area contributed by atoms with Crippen LogP contribution < -0.4 is 20.1 Å². The molecule has 1 amide bonds. The number of guanidine groups is 1. The number of methoxy groups -OCH3 is 1. The molecule has 0 saturated carbocycles. The van der Waals surface area contributed by atoms with Crippen molar-refractivity contribution >= 4 is 41.5 Å². The van der Waals surface area contributed by atoms with Crippen LogP contribution in [0.2, 0.25) is 0 Å². The molecular formula is C17H27IN4O3. The Morgan fingerprint density at radius 2 is 2.08 bits per heavy atom. The minimum Gasteiger partial charge on any atom is -0.493 e. The second-order valence-electron chi connectivity index (χ2n) is 5.05. The fourth-order valence-electron chi connectivity index (χ4n) is 1.76. The number of anilines is 1. The highest BCUT2D eigenvalue weighted by molar-refractivity contribution is 14.0. The van der Waals surface area contributed by atoms with Crippen LogP contribution in [-0.4, -0.2) is 57.7 Å². The van der Waals surface area contributed by atoms with Gasteiger partial charge in [-0.2, -0.15) is 0 Å². The number of hydrogen-bond donors (Lipinski definition) is 2. The summed E-state index contributed by atoms with van der Waals surface area (Å²) >= 11 is 0. The zero-order valence-corrected chi connectivity index (χ0v) is 17.5. The number of rotatable bonds is 8. The van der Waals surface area contributed by atoms with Gasteiger partial charge in [0.25, 0.3) is 0 Å². The highest BCUT2D eigenvalue weighted by Gasteiger charge is 2.08. The van der Waals surface area contributed by atoms with Crippen molar-refractivity contribution < 1.29 is 14.3 Å². The Morgan fingerprint density at radius 3 is 2.64 bits per heavy atom. The fraction of sp³-hybridized carbons (Fsp3) is 0.412. The van der Waals surface area contributed by atoms with Crippen molar-refractivity contribution in [1.29, 1.82) is 0 Å². The van der Waals surface area contributed by atoms with Crippen LogP contribution in [0.15, 0.2) is 35.8 Å². The standard InChI is InChI=1S/C17H26N4O3.HI/c1-6-10-18-17(19-12-16(22)21(3)4)20-13-8-9-14(23-5)15(11-13)24-7-2;/h6,8-9,11H,1,7,10,12H2,2-5H3,(H2,18,19,20);1H. The maximum atomic E-state index is 11.7. The van der Waals surface area contributed by atoms with Gasteiger partial charge in [0, 0.05) is 32.4 Å². The van der Waals surface area contributed by atoms with Crippen molar-refractivity contribution in [2.24, 2.45) is 4.99 Å². The number of amides is 1. The van der Waals surface area contributed by atoms with Gasteiger partial charge in [-0.3, -0.25) is 4.79 Å². The number of carbonyl (C=O) groups excluding carboxylic acids is 1. The number of hydrogen-bond acceptors (Lipinski definition) is 4. The molecule has 25 heavy (non-hydrogen) atoms. The number of ether oxygens (including phenoxy) is 2. The predicted molar refractivity (Wildman–Crippen MR) is 112 cm³/mol. The molecule has 1 aromatic carbocycles. The van der Waals surface area contributed by atoms with Gasteiger partial charge >= 0.3 is 0 Å². The summed E-state index contributed by atoms with van der Waals surface area (Å²) in [5, 5.41) is 6.21. The Hall–Kier alpha value is -1.97. The van der Waals surface area contributed by atoms with Crippen molar-refractivity contribution in [1.82, 2.24) is 10.2 Å².